The summed E-state index contributed by atoms with van der Waals surface area (Å²) in [7, 11) is 1.73. The van der Waals surface area contributed by atoms with Crippen LogP contribution < -0.4 is 5.32 Å². The molecule has 4 heteroatoms. The molecule has 0 saturated carbocycles. The predicted molar refractivity (Wildman–Crippen MR) is 76.5 cm³/mol. The highest BCUT2D eigenvalue weighted by atomic mass is 16.5. The van der Waals surface area contributed by atoms with Gasteiger partial charge >= 0.3 is 0 Å². The van der Waals surface area contributed by atoms with Gasteiger partial charge in [-0.15, -0.1) is 0 Å². The predicted octanol–water partition coefficient (Wildman–Crippen LogP) is 2.31. The molecule has 1 aromatic heterocycles. The van der Waals surface area contributed by atoms with Gasteiger partial charge in [0.15, 0.2) is 0 Å². The molecule has 0 aliphatic heterocycles. The molecule has 0 spiro atoms. The maximum Gasteiger partial charge on any atom is 0.110 e. The van der Waals surface area contributed by atoms with Crippen LogP contribution in [0.4, 0.5) is 0 Å². The fourth-order valence-corrected chi connectivity index (χ4v) is 2.10. The van der Waals surface area contributed by atoms with Crippen molar-refractivity contribution >= 4 is 0 Å². The lowest BCUT2D eigenvalue weighted by atomic mass is 10.3. The van der Waals surface area contributed by atoms with Crippen molar-refractivity contribution in [2.24, 2.45) is 0 Å². The Morgan fingerprint density at radius 3 is 2.79 bits per heavy atom. The lowest BCUT2D eigenvalue weighted by Crippen LogP contribution is -2.18. The average Bonchev–Trinajstić information content (AvgIpc) is 2.81. The number of aryl methyl sites for hydroxylation is 1. The Kier molecular flexibility index (Phi) is 5.12. The van der Waals surface area contributed by atoms with Gasteiger partial charge in [0.2, 0.25) is 0 Å². The summed E-state index contributed by atoms with van der Waals surface area (Å²) in [6, 6.07) is 10.3. The van der Waals surface area contributed by atoms with Crippen LogP contribution in [0.5, 0.6) is 0 Å². The van der Waals surface area contributed by atoms with Crippen LogP contribution in [-0.2, 0) is 11.3 Å². The Morgan fingerprint density at radius 2 is 2.05 bits per heavy atom. The average molecular weight is 259 g/mol. The second-order valence-electron chi connectivity index (χ2n) is 4.49. The molecule has 0 radical (unpaired) electrons. The number of ether oxygens (including phenoxy) is 1. The molecular formula is C15H21N3O. The highest BCUT2D eigenvalue weighted by molar-refractivity contribution is 5.35. The smallest absolute Gasteiger partial charge is 0.110 e. The Morgan fingerprint density at radius 1 is 1.26 bits per heavy atom. The van der Waals surface area contributed by atoms with Crippen LogP contribution in [0.25, 0.3) is 5.69 Å². The second-order valence-corrected chi connectivity index (χ2v) is 4.49. The molecule has 102 valence electrons. The summed E-state index contributed by atoms with van der Waals surface area (Å²) in [4.78, 5) is 4.41. The van der Waals surface area contributed by atoms with E-state index in [0.29, 0.717) is 0 Å². The van der Waals surface area contributed by atoms with Crippen molar-refractivity contribution in [3.05, 3.63) is 48.0 Å². The molecule has 0 saturated heterocycles. The van der Waals surface area contributed by atoms with Crippen molar-refractivity contribution in [1.29, 1.82) is 0 Å². The number of benzene rings is 1. The molecule has 1 N–H and O–H groups in total. The van der Waals surface area contributed by atoms with Crippen LogP contribution in [0.1, 0.15) is 17.9 Å². The van der Waals surface area contributed by atoms with E-state index < -0.39 is 0 Å². The number of imidazole rings is 1. The Hall–Kier alpha value is -1.65. The number of hydrogen-bond donors (Lipinski definition) is 1. The molecule has 4 nitrogen and oxygen atoms in total. The van der Waals surface area contributed by atoms with Gasteiger partial charge in [-0.1, -0.05) is 18.2 Å². The van der Waals surface area contributed by atoms with Crippen molar-refractivity contribution in [2.45, 2.75) is 19.9 Å². The van der Waals surface area contributed by atoms with Crippen LogP contribution in [-0.4, -0.2) is 29.8 Å². The number of hydrogen-bond acceptors (Lipinski definition) is 3. The number of methoxy groups -OCH3 is 1. The van der Waals surface area contributed by atoms with Crippen LogP contribution in [0.3, 0.4) is 0 Å². The summed E-state index contributed by atoms with van der Waals surface area (Å²) in [5.74, 6) is 1.01. The minimum absolute atomic E-state index is 0.796. The van der Waals surface area contributed by atoms with E-state index in [1.807, 2.05) is 31.3 Å². The molecule has 0 aliphatic rings. The first-order valence-corrected chi connectivity index (χ1v) is 6.61. The zero-order valence-corrected chi connectivity index (χ0v) is 11.6. The number of rotatable bonds is 7. The number of aromatic nitrogens is 2. The molecule has 1 heterocycles. The summed E-state index contributed by atoms with van der Waals surface area (Å²) in [5.41, 5.74) is 2.34. The molecule has 0 aliphatic carbocycles. The third-order valence-corrected chi connectivity index (χ3v) is 3.03. The second kappa shape index (κ2) is 7.07. The number of para-hydroxylation sites is 1. The van der Waals surface area contributed by atoms with Gasteiger partial charge in [-0.25, -0.2) is 4.98 Å². The van der Waals surface area contributed by atoms with E-state index in [2.05, 4.69) is 27.0 Å². The maximum absolute atomic E-state index is 5.03. The fraction of sp³-hybridized carbons (Fsp3) is 0.400. The van der Waals surface area contributed by atoms with Gasteiger partial charge in [0.1, 0.15) is 5.82 Å². The minimum atomic E-state index is 0.796. The monoisotopic (exact) mass is 259 g/mol. The Bertz CT molecular complexity index is 493. The quantitative estimate of drug-likeness (QED) is 0.776. The van der Waals surface area contributed by atoms with Gasteiger partial charge in [0, 0.05) is 25.9 Å². The molecule has 0 atom stereocenters. The zero-order valence-electron chi connectivity index (χ0n) is 11.6. The van der Waals surface area contributed by atoms with E-state index in [9.17, 15) is 0 Å². The normalized spacial score (nSPS) is 10.8. The summed E-state index contributed by atoms with van der Waals surface area (Å²) in [6.45, 7) is 4.59. The Labute approximate surface area is 114 Å². The largest absolute Gasteiger partial charge is 0.385 e. The van der Waals surface area contributed by atoms with Crippen molar-refractivity contribution in [3.63, 3.8) is 0 Å². The maximum atomic E-state index is 5.03. The molecular weight excluding hydrogens is 238 g/mol. The van der Waals surface area contributed by atoms with Gasteiger partial charge < -0.3 is 10.1 Å². The van der Waals surface area contributed by atoms with Gasteiger partial charge in [-0.3, -0.25) is 4.57 Å². The van der Waals surface area contributed by atoms with E-state index >= 15 is 0 Å². The van der Waals surface area contributed by atoms with Crippen LogP contribution in [0.15, 0.2) is 36.5 Å². The molecule has 19 heavy (non-hydrogen) atoms. The number of nitrogens with one attached hydrogen (secondary N) is 1. The summed E-state index contributed by atoms with van der Waals surface area (Å²) in [6.07, 6.45) is 2.96. The lowest BCUT2D eigenvalue weighted by Gasteiger charge is -2.11. The van der Waals surface area contributed by atoms with E-state index in [-0.39, 0.29) is 0 Å². The summed E-state index contributed by atoms with van der Waals surface area (Å²) in [5, 5.41) is 3.42. The van der Waals surface area contributed by atoms with Crippen LogP contribution in [0, 0.1) is 6.92 Å². The number of nitrogens with zero attached hydrogens (tertiary/aromatic N) is 2. The molecule has 0 fully saturated rings. The van der Waals surface area contributed by atoms with E-state index in [1.165, 1.54) is 5.69 Å². The third kappa shape index (κ3) is 3.66. The molecule has 0 bridgehead atoms. The van der Waals surface area contributed by atoms with Crippen molar-refractivity contribution in [3.8, 4) is 5.69 Å². The summed E-state index contributed by atoms with van der Waals surface area (Å²) >= 11 is 0. The first-order valence-electron chi connectivity index (χ1n) is 6.61. The SMILES string of the molecule is COCCCNCc1cnc(C)n1-c1ccccc1. The first kappa shape index (κ1) is 13.8. The molecule has 1 aromatic carbocycles. The molecule has 2 rings (SSSR count). The zero-order chi connectivity index (χ0) is 13.5. The topological polar surface area (TPSA) is 39.1 Å². The van der Waals surface area contributed by atoms with Crippen molar-refractivity contribution in [1.82, 2.24) is 14.9 Å². The van der Waals surface area contributed by atoms with Crippen LogP contribution >= 0.6 is 0 Å². The van der Waals surface area contributed by atoms with E-state index in [4.69, 9.17) is 4.74 Å². The highest BCUT2D eigenvalue weighted by Gasteiger charge is 2.07. The highest BCUT2D eigenvalue weighted by Crippen LogP contribution is 2.14. The molecule has 0 unspecified atom stereocenters. The van der Waals surface area contributed by atoms with Crippen LogP contribution in [0.2, 0.25) is 0 Å². The van der Waals surface area contributed by atoms with Gasteiger partial charge in [0.25, 0.3) is 0 Å². The van der Waals surface area contributed by atoms with E-state index in [1.54, 1.807) is 7.11 Å². The lowest BCUT2D eigenvalue weighted by molar-refractivity contribution is 0.194. The van der Waals surface area contributed by atoms with E-state index in [0.717, 1.165) is 37.6 Å². The summed E-state index contributed by atoms with van der Waals surface area (Å²) < 4.78 is 7.22. The first-order chi connectivity index (χ1) is 9.33. The van der Waals surface area contributed by atoms with Gasteiger partial charge in [0.05, 0.1) is 11.9 Å². The third-order valence-electron chi connectivity index (χ3n) is 3.03. The van der Waals surface area contributed by atoms with Crippen molar-refractivity contribution in [2.75, 3.05) is 20.3 Å². The Balaban J connectivity index is 2.02. The molecule has 0 amide bonds. The standard InChI is InChI=1S/C15H21N3O/c1-13-17-12-15(11-16-9-6-10-19-2)18(13)14-7-4-3-5-8-14/h3-5,7-8,12,16H,6,9-11H2,1-2H3. The van der Waals surface area contributed by atoms with Gasteiger partial charge in [-0.05, 0) is 32.0 Å². The molecule has 2 aromatic rings. The minimum Gasteiger partial charge on any atom is -0.385 e. The fourth-order valence-electron chi connectivity index (χ4n) is 2.10. The van der Waals surface area contributed by atoms with Crippen molar-refractivity contribution < 1.29 is 4.74 Å². The van der Waals surface area contributed by atoms with Gasteiger partial charge in [-0.2, -0.15) is 0 Å².